The van der Waals surface area contributed by atoms with Crippen LogP contribution >= 0.6 is 26.2 Å². The van der Waals surface area contributed by atoms with E-state index in [4.69, 9.17) is 9.36 Å². The van der Waals surface area contributed by atoms with Crippen molar-refractivity contribution < 1.29 is 9.36 Å². The van der Waals surface area contributed by atoms with Crippen LogP contribution < -0.4 is 19.1 Å². The Labute approximate surface area is 122 Å². The van der Waals surface area contributed by atoms with Crippen LogP contribution in [0.15, 0.2) is 60.7 Å². The second kappa shape index (κ2) is 7.28. The molecule has 3 unspecified atom stereocenters. The van der Waals surface area contributed by atoms with Crippen LogP contribution in [0.2, 0.25) is 0 Å². The van der Waals surface area contributed by atoms with Crippen LogP contribution in [0.1, 0.15) is 0 Å². The van der Waals surface area contributed by atoms with Crippen molar-refractivity contribution in [3.05, 3.63) is 60.7 Å². The summed E-state index contributed by atoms with van der Waals surface area (Å²) < 4.78 is 7.80. The summed E-state index contributed by atoms with van der Waals surface area (Å²) in [5.41, 5.74) is 0. The molecular weight excluding hydrogens is 311 g/mol. The first-order valence-corrected chi connectivity index (χ1v) is 9.15. The zero-order valence-electron chi connectivity index (χ0n) is 10.5. The molecule has 1 aliphatic heterocycles. The third-order valence-electron chi connectivity index (χ3n) is 2.40. The maximum atomic E-state index is 5.97. The average Bonchev–Trinajstić information content (AvgIpc) is 2.51. The predicted molar refractivity (Wildman–Crippen MR) is 85.8 cm³/mol. The highest BCUT2D eigenvalue weighted by Gasteiger charge is 2.27. The number of benzene rings is 2. The van der Waals surface area contributed by atoms with Crippen LogP contribution in [0.4, 0.5) is 0 Å². The molecule has 0 saturated carbocycles. The van der Waals surface area contributed by atoms with Gasteiger partial charge in [-0.15, -0.1) is 0 Å². The number of hydrogen-bond acceptors (Lipinski definition) is 5. The summed E-state index contributed by atoms with van der Waals surface area (Å²) in [5.74, 6) is 1.64. The molecule has 1 saturated heterocycles. The molecule has 5 nitrogen and oxygen atoms in total. The van der Waals surface area contributed by atoms with Gasteiger partial charge in [-0.1, -0.05) is 36.4 Å². The number of hydrogen-bond donors (Lipinski definition) is 2. The zero-order chi connectivity index (χ0) is 13.6. The highest BCUT2D eigenvalue weighted by molar-refractivity contribution is 7.70. The minimum Gasteiger partial charge on any atom is -0.442 e. The summed E-state index contributed by atoms with van der Waals surface area (Å²) in [6.07, 6.45) is 0. The van der Waals surface area contributed by atoms with Gasteiger partial charge in [0.15, 0.2) is 0 Å². The minimum absolute atomic E-state index is 0.365. The van der Waals surface area contributed by atoms with Gasteiger partial charge < -0.3 is 9.36 Å². The molecule has 1 aliphatic rings. The van der Waals surface area contributed by atoms with Crippen LogP contribution in [0, 0.1) is 0 Å². The Morgan fingerprint density at radius 1 is 0.900 bits per heavy atom. The summed E-state index contributed by atoms with van der Waals surface area (Å²) >= 11 is 0. The maximum absolute atomic E-state index is 5.97. The Hall–Kier alpha value is -0.790. The van der Waals surface area contributed by atoms with Gasteiger partial charge in [0.25, 0.3) is 8.45 Å². The van der Waals surface area contributed by atoms with Gasteiger partial charge in [-0.2, -0.15) is 0 Å². The number of rotatable bonds is 4. The molecule has 0 spiro atoms. The van der Waals surface area contributed by atoms with Crippen molar-refractivity contribution in [1.82, 2.24) is 14.3 Å². The lowest BCUT2D eigenvalue weighted by molar-refractivity contribution is 0.132. The van der Waals surface area contributed by atoms with E-state index >= 15 is 0 Å². The van der Waals surface area contributed by atoms with Gasteiger partial charge >= 0.3 is 0 Å². The van der Waals surface area contributed by atoms with Crippen molar-refractivity contribution in [2.24, 2.45) is 0 Å². The zero-order valence-corrected chi connectivity index (χ0v) is 13.4. The summed E-state index contributed by atoms with van der Waals surface area (Å²) in [6, 6.07) is 19.5. The Morgan fingerprint density at radius 2 is 1.55 bits per heavy atom. The Kier molecular flexibility index (Phi) is 5.16. The smallest absolute Gasteiger partial charge is 0.290 e. The lowest BCUT2D eigenvalue weighted by atomic mass is 10.3. The summed E-state index contributed by atoms with van der Waals surface area (Å²) in [6.45, 7) is 0. The molecule has 3 rings (SSSR count). The highest BCUT2D eigenvalue weighted by atomic mass is 31.2. The molecule has 0 bridgehead atoms. The Bertz CT molecular complexity index is 482. The summed E-state index contributed by atoms with van der Waals surface area (Å²) in [4.78, 5) is 12.4. The molecule has 0 amide bonds. The number of para-hydroxylation sites is 2. The van der Waals surface area contributed by atoms with Gasteiger partial charge in [0.1, 0.15) is 11.5 Å². The van der Waals surface area contributed by atoms with Gasteiger partial charge in [0.2, 0.25) is 0 Å². The molecule has 104 valence electrons. The average molecular weight is 325 g/mol. The molecule has 1 heterocycles. The second-order valence-electron chi connectivity index (χ2n) is 3.83. The van der Waals surface area contributed by atoms with Gasteiger partial charge in [-0.25, -0.2) is 4.86 Å². The topological polar surface area (TPSA) is 45.8 Å². The summed E-state index contributed by atoms with van der Waals surface area (Å²) in [7, 11) is -0.172. The molecule has 1 fully saturated rings. The monoisotopic (exact) mass is 325 g/mol. The molecule has 0 aliphatic carbocycles. The maximum Gasteiger partial charge on any atom is 0.290 e. The fourth-order valence-corrected chi connectivity index (χ4v) is 5.89. The van der Waals surface area contributed by atoms with Crippen LogP contribution in [-0.4, -0.2) is 4.60 Å². The summed E-state index contributed by atoms with van der Waals surface area (Å²) in [5, 5.41) is 0. The van der Waals surface area contributed by atoms with Crippen molar-refractivity contribution in [1.29, 1.82) is 0 Å². The molecule has 2 aromatic rings. The van der Waals surface area contributed by atoms with E-state index in [1.54, 1.807) is 0 Å². The standard InChI is InChI=1S/C12H14N3O2P3/c1-3-7-11(8-4-1)16-15-19-13-18-14-20(15)17-12-9-5-2-6-10-12/h1-10,13-14,18-19H. The second-order valence-corrected chi connectivity index (χ2v) is 8.07. The molecular formula is C12H14N3O2P3. The van der Waals surface area contributed by atoms with Crippen molar-refractivity contribution in [2.45, 2.75) is 0 Å². The highest BCUT2D eigenvalue weighted by Crippen LogP contribution is 2.51. The lowest BCUT2D eigenvalue weighted by Gasteiger charge is -2.33. The van der Waals surface area contributed by atoms with Crippen molar-refractivity contribution in [2.75, 3.05) is 0 Å². The number of nitrogens with zero attached hydrogens (tertiary/aromatic N) is 1. The van der Waals surface area contributed by atoms with Crippen LogP contribution in [0.25, 0.3) is 0 Å². The molecule has 0 aromatic heterocycles. The molecule has 3 atom stereocenters. The van der Waals surface area contributed by atoms with E-state index in [1.807, 2.05) is 65.3 Å². The molecule has 2 aromatic carbocycles. The Morgan fingerprint density at radius 3 is 2.25 bits per heavy atom. The minimum atomic E-state index is -1.01. The normalized spacial score (nSPS) is 21.9. The van der Waals surface area contributed by atoms with E-state index in [0.717, 1.165) is 11.5 Å². The fourth-order valence-electron chi connectivity index (χ4n) is 1.52. The van der Waals surface area contributed by atoms with E-state index in [2.05, 4.69) is 9.72 Å². The first-order valence-electron chi connectivity index (χ1n) is 5.99. The van der Waals surface area contributed by atoms with Gasteiger partial charge in [0.05, 0.1) is 8.88 Å². The van der Waals surface area contributed by atoms with Gasteiger partial charge in [0, 0.05) is 8.88 Å². The molecule has 20 heavy (non-hydrogen) atoms. The third-order valence-corrected chi connectivity index (χ3v) is 6.48. The van der Waals surface area contributed by atoms with Gasteiger partial charge in [-0.3, -0.25) is 4.86 Å². The first kappa shape index (κ1) is 14.2. The van der Waals surface area contributed by atoms with Crippen LogP contribution in [-0.2, 0) is 0 Å². The van der Waals surface area contributed by atoms with E-state index in [1.165, 1.54) is 0 Å². The largest absolute Gasteiger partial charge is 0.442 e. The number of nitrogens with one attached hydrogen (secondary N) is 2. The Balaban J connectivity index is 1.68. The van der Waals surface area contributed by atoms with Crippen molar-refractivity contribution >= 4 is 26.2 Å². The van der Waals surface area contributed by atoms with Gasteiger partial charge in [-0.05, 0) is 28.9 Å². The SMILES string of the molecule is c1ccc(ON2PNPNP2Oc2ccccc2)cc1. The first-order chi connectivity index (χ1) is 9.92. The van der Waals surface area contributed by atoms with Crippen LogP contribution in [0.5, 0.6) is 11.5 Å². The van der Waals surface area contributed by atoms with Crippen molar-refractivity contribution in [3.63, 3.8) is 0 Å². The molecule has 8 heteroatoms. The van der Waals surface area contributed by atoms with E-state index in [9.17, 15) is 0 Å². The van der Waals surface area contributed by atoms with E-state index in [-0.39, 0.29) is 0 Å². The van der Waals surface area contributed by atoms with Crippen LogP contribution in [0.3, 0.4) is 0 Å². The quantitative estimate of drug-likeness (QED) is 0.837. The third kappa shape index (κ3) is 3.86. The molecule has 2 N–H and O–H groups in total. The fraction of sp³-hybridized carbons (Fsp3) is 0. The van der Waals surface area contributed by atoms with E-state index in [0.29, 0.717) is 17.8 Å². The van der Waals surface area contributed by atoms with E-state index < -0.39 is 8.45 Å². The predicted octanol–water partition coefficient (Wildman–Crippen LogP) is 3.80. The van der Waals surface area contributed by atoms with Crippen molar-refractivity contribution in [3.8, 4) is 11.5 Å². The lowest BCUT2D eigenvalue weighted by Crippen LogP contribution is -2.27. The molecule has 0 radical (unpaired) electrons.